The van der Waals surface area contributed by atoms with E-state index in [1.807, 2.05) is 24.3 Å². The van der Waals surface area contributed by atoms with Gasteiger partial charge in [0.05, 0.1) is 34.1 Å². The summed E-state index contributed by atoms with van der Waals surface area (Å²) in [6, 6.07) is 18.7. The van der Waals surface area contributed by atoms with E-state index in [1.54, 1.807) is 36.4 Å². The van der Waals surface area contributed by atoms with Gasteiger partial charge in [0, 0.05) is 40.1 Å². The molecule has 0 saturated carbocycles. The zero-order valence-electron chi connectivity index (χ0n) is 19.3. The van der Waals surface area contributed by atoms with Crippen LogP contribution in [-0.4, -0.2) is 34.1 Å². The van der Waals surface area contributed by atoms with Crippen LogP contribution < -0.4 is 10.3 Å². The lowest BCUT2D eigenvalue weighted by Gasteiger charge is -2.14. The number of aromatic nitrogens is 3. The molecule has 9 heteroatoms. The molecule has 0 aliphatic carbocycles. The zero-order chi connectivity index (χ0) is 26.1. The Kier molecular flexibility index (Phi) is 6.56. The van der Waals surface area contributed by atoms with Crippen molar-refractivity contribution in [1.82, 2.24) is 14.4 Å². The number of fused-ring (bicyclic) bond motifs is 1. The van der Waals surface area contributed by atoms with Crippen molar-refractivity contribution in [3.63, 3.8) is 0 Å². The Hall–Kier alpha value is -4.33. The Labute approximate surface area is 220 Å². The number of pyridine rings is 2. The van der Waals surface area contributed by atoms with E-state index < -0.39 is 0 Å². The van der Waals surface area contributed by atoms with Crippen LogP contribution in [0, 0.1) is 0 Å². The number of hydrogen-bond acceptors (Lipinski definition) is 6. The molecule has 0 unspecified atom stereocenters. The van der Waals surface area contributed by atoms with E-state index in [1.165, 1.54) is 23.8 Å². The van der Waals surface area contributed by atoms with Crippen LogP contribution in [0.5, 0.6) is 5.88 Å². The van der Waals surface area contributed by atoms with Crippen molar-refractivity contribution in [2.24, 2.45) is 0 Å². The molecular formula is C28H17Cl2N3O4. The number of methoxy groups -OCH3 is 1. The molecule has 0 saturated heterocycles. The number of rotatable bonds is 6. The van der Waals surface area contributed by atoms with Gasteiger partial charge >= 0.3 is 0 Å². The molecule has 3 aromatic heterocycles. The molecule has 0 amide bonds. The van der Waals surface area contributed by atoms with Crippen LogP contribution >= 0.6 is 23.2 Å². The molecule has 5 aromatic rings. The number of ether oxygens (including phenoxy) is 1. The fraction of sp³-hybridized carbons (Fsp3) is 0.0357. The predicted octanol–water partition coefficient (Wildman–Crippen LogP) is 6.03. The van der Waals surface area contributed by atoms with Gasteiger partial charge in [0.2, 0.25) is 5.88 Å². The third-order valence-corrected chi connectivity index (χ3v) is 6.68. The highest BCUT2D eigenvalue weighted by Gasteiger charge is 2.18. The average molecular weight is 530 g/mol. The van der Waals surface area contributed by atoms with E-state index in [9.17, 15) is 14.4 Å². The van der Waals surface area contributed by atoms with Gasteiger partial charge in [-0.1, -0.05) is 59.6 Å². The number of nitrogens with zero attached hydrogens (tertiary/aromatic N) is 3. The average Bonchev–Trinajstić information content (AvgIpc) is 2.93. The van der Waals surface area contributed by atoms with Gasteiger partial charge in [-0.25, -0.2) is 9.97 Å². The first kappa shape index (κ1) is 24.4. The van der Waals surface area contributed by atoms with Crippen LogP contribution in [0.15, 0.2) is 77.7 Å². The summed E-state index contributed by atoms with van der Waals surface area (Å²) in [4.78, 5) is 44.1. The van der Waals surface area contributed by atoms with E-state index in [2.05, 4.69) is 9.97 Å². The van der Waals surface area contributed by atoms with E-state index in [-0.39, 0.29) is 11.4 Å². The van der Waals surface area contributed by atoms with Gasteiger partial charge in [-0.2, -0.15) is 0 Å². The molecule has 0 radical (unpaired) electrons. The summed E-state index contributed by atoms with van der Waals surface area (Å²) < 4.78 is 6.54. The topological polar surface area (TPSA) is 90.6 Å². The lowest BCUT2D eigenvalue weighted by atomic mass is 9.98. The summed E-state index contributed by atoms with van der Waals surface area (Å²) in [5, 5.41) is 0.770. The Morgan fingerprint density at radius 3 is 2.05 bits per heavy atom. The third kappa shape index (κ3) is 4.39. The number of halogens is 2. The van der Waals surface area contributed by atoms with Crippen molar-refractivity contribution in [3.05, 3.63) is 104 Å². The quantitative estimate of drug-likeness (QED) is 0.249. The molecule has 0 aliphatic rings. The van der Waals surface area contributed by atoms with Gasteiger partial charge in [0.15, 0.2) is 12.6 Å². The molecule has 0 bridgehead atoms. The van der Waals surface area contributed by atoms with Crippen molar-refractivity contribution >= 4 is 41.4 Å². The lowest BCUT2D eigenvalue weighted by molar-refractivity contribution is 0.111. The molecule has 0 spiro atoms. The number of benzene rings is 2. The first-order valence-corrected chi connectivity index (χ1v) is 11.8. The van der Waals surface area contributed by atoms with Crippen LogP contribution in [-0.2, 0) is 0 Å². The first-order valence-electron chi connectivity index (χ1n) is 11.0. The van der Waals surface area contributed by atoms with Crippen LogP contribution in [0.4, 0.5) is 0 Å². The molecule has 2 aromatic carbocycles. The monoisotopic (exact) mass is 529 g/mol. The molecule has 182 valence electrons. The second kappa shape index (κ2) is 9.97. The maximum atomic E-state index is 12.8. The highest BCUT2D eigenvalue weighted by atomic mass is 35.5. The molecular weight excluding hydrogens is 513 g/mol. The van der Waals surface area contributed by atoms with Crippen LogP contribution in [0.25, 0.3) is 39.3 Å². The van der Waals surface area contributed by atoms with Gasteiger partial charge in [-0.05, 0) is 24.3 Å². The molecule has 7 nitrogen and oxygen atoms in total. The summed E-state index contributed by atoms with van der Waals surface area (Å²) in [5.74, 6) is 0.197. The normalized spacial score (nSPS) is 10.9. The molecule has 5 rings (SSSR count). The number of carbonyl (C=O) groups excluding carboxylic acids is 2. The SMILES string of the molecule is COc1nc(-c2cccc(-c3cccc(-c4cc(=O)n5cc(C=O)ccc5n4)c3Cl)c2Cl)ccc1C=O. The molecule has 37 heavy (non-hydrogen) atoms. The molecule has 0 atom stereocenters. The van der Waals surface area contributed by atoms with Gasteiger partial charge in [-0.3, -0.25) is 18.8 Å². The molecule has 0 aliphatic heterocycles. The Morgan fingerprint density at radius 2 is 1.43 bits per heavy atom. The summed E-state index contributed by atoms with van der Waals surface area (Å²) in [6.07, 6.45) is 2.78. The second-order valence-corrected chi connectivity index (χ2v) is 8.79. The number of aldehydes is 2. The van der Waals surface area contributed by atoms with E-state index in [4.69, 9.17) is 27.9 Å². The molecule has 3 heterocycles. The largest absolute Gasteiger partial charge is 0.480 e. The standard InChI is InChI=1S/C28H17Cl2N3O4/c1-37-28-17(15-35)9-10-22(32-28)20-6-2-4-18(26(20)29)19-5-3-7-21(27(19)30)23-12-25(36)33-13-16(14-34)8-11-24(33)31-23/h2-15H,1H3. The predicted molar refractivity (Wildman–Crippen MR) is 143 cm³/mol. The van der Waals surface area contributed by atoms with Crippen LogP contribution in [0.3, 0.4) is 0 Å². The summed E-state index contributed by atoms with van der Waals surface area (Å²) in [7, 11) is 1.44. The minimum absolute atomic E-state index is 0.197. The highest BCUT2D eigenvalue weighted by molar-refractivity contribution is 6.39. The van der Waals surface area contributed by atoms with Crippen LogP contribution in [0.1, 0.15) is 20.7 Å². The Balaban J connectivity index is 1.63. The van der Waals surface area contributed by atoms with Crippen molar-refractivity contribution in [2.45, 2.75) is 0 Å². The maximum absolute atomic E-state index is 12.8. The number of carbonyl (C=O) groups is 2. The van der Waals surface area contributed by atoms with E-state index >= 15 is 0 Å². The Morgan fingerprint density at radius 1 is 0.784 bits per heavy atom. The van der Waals surface area contributed by atoms with Gasteiger partial charge < -0.3 is 4.74 Å². The highest BCUT2D eigenvalue weighted by Crippen LogP contribution is 2.42. The lowest BCUT2D eigenvalue weighted by Crippen LogP contribution is -2.14. The van der Waals surface area contributed by atoms with Crippen molar-refractivity contribution in [1.29, 1.82) is 0 Å². The van der Waals surface area contributed by atoms with Crippen molar-refractivity contribution in [2.75, 3.05) is 7.11 Å². The second-order valence-electron chi connectivity index (χ2n) is 8.04. The maximum Gasteiger partial charge on any atom is 0.258 e. The summed E-state index contributed by atoms with van der Waals surface area (Å²) in [5.41, 5.74) is 4.12. The smallest absolute Gasteiger partial charge is 0.258 e. The van der Waals surface area contributed by atoms with Crippen molar-refractivity contribution in [3.8, 4) is 39.5 Å². The van der Waals surface area contributed by atoms with Crippen LogP contribution in [0.2, 0.25) is 10.0 Å². The number of hydrogen-bond donors (Lipinski definition) is 0. The summed E-state index contributed by atoms with van der Waals surface area (Å²) >= 11 is 13.7. The minimum atomic E-state index is -0.344. The van der Waals surface area contributed by atoms with Gasteiger partial charge in [0.1, 0.15) is 5.65 Å². The fourth-order valence-corrected chi connectivity index (χ4v) is 4.71. The van der Waals surface area contributed by atoms with Gasteiger partial charge in [-0.15, -0.1) is 0 Å². The Bertz CT molecular complexity index is 1770. The molecule has 0 fully saturated rings. The fourth-order valence-electron chi connectivity index (χ4n) is 4.06. The van der Waals surface area contributed by atoms with E-state index in [0.717, 1.165) is 0 Å². The third-order valence-electron chi connectivity index (χ3n) is 5.87. The first-order chi connectivity index (χ1) is 17.9. The summed E-state index contributed by atoms with van der Waals surface area (Å²) in [6.45, 7) is 0. The molecule has 0 N–H and O–H groups in total. The minimum Gasteiger partial charge on any atom is -0.480 e. The van der Waals surface area contributed by atoms with E-state index in [0.29, 0.717) is 73.0 Å². The van der Waals surface area contributed by atoms with Gasteiger partial charge in [0.25, 0.3) is 5.56 Å². The van der Waals surface area contributed by atoms with Crippen molar-refractivity contribution < 1.29 is 14.3 Å². The zero-order valence-corrected chi connectivity index (χ0v) is 20.8.